The Labute approximate surface area is 127 Å². The molecule has 0 N–H and O–H groups in total. The first-order chi connectivity index (χ1) is 9.95. The van der Waals surface area contributed by atoms with Gasteiger partial charge in [0.05, 0.1) is 17.6 Å². The number of rotatable bonds is 3. The summed E-state index contributed by atoms with van der Waals surface area (Å²) in [5, 5.41) is 8.08. The summed E-state index contributed by atoms with van der Waals surface area (Å²) in [4.78, 5) is 0.843. The zero-order valence-electron chi connectivity index (χ0n) is 11.8. The minimum absolute atomic E-state index is 0.0487. The Morgan fingerprint density at radius 1 is 1.48 bits per heavy atom. The number of sulfonamides is 1. The Morgan fingerprint density at radius 3 is 2.95 bits per heavy atom. The van der Waals surface area contributed by atoms with E-state index in [4.69, 9.17) is 4.52 Å². The molecule has 1 unspecified atom stereocenters. The predicted molar refractivity (Wildman–Crippen MR) is 78.5 cm³/mol. The highest BCUT2D eigenvalue weighted by molar-refractivity contribution is 7.88. The zero-order valence-corrected chi connectivity index (χ0v) is 13.4. The quantitative estimate of drug-likeness (QED) is 0.851. The largest absolute Gasteiger partial charge is 0.355 e. The lowest BCUT2D eigenvalue weighted by Gasteiger charge is -2.30. The second-order valence-corrected chi connectivity index (χ2v) is 8.02. The van der Waals surface area contributed by atoms with Crippen LogP contribution in [0.1, 0.15) is 30.1 Å². The topological polar surface area (TPSA) is 89.2 Å². The van der Waals surface area contributed by atoms with Crippen LogP contribution >= 0.6 is 11.5 Å². The van der Waals surface area contributed by atoms with Crippen LogP contribution in [-0.2, 0) is 10.0 Å². The van der Waals surface area contributed by atoms with Crippen molar-refractivity contribution in [2.24, 2.45) is 0 Å². The molecule has 9 heteroatoms. The number of aryl methyl sites for hydroxylation is 1. The van der Waals surface area contributed by atoms with Gasteiger partial charge in [-0.1, -0.05) is 9.64 Å². The fraction of sp³-hybridized carbons (Fsp3) is 0.583. The molecule has 3 rings (SSSR count). The molecule has 1 aliphatic rings. The smallest absolute Gasteiger partial charge is 0.211 e. The van der Waals surface area contributed by atoms with Gasteiger partial charge in [0.25, 0.3) is 0 Å². The van der Waals surface area contributed by atoms with Crippen molar-refractivity contribution in [2.75, 3.05) is 19.3 Å². The molecule has 2 aromatic rings. The summed E-state index contributed by atoms with van der Waals surface area (Å²) in [6.07, 6.45) is 2.97. The highest BCUT2D eigenvalue weighted by Crippen LogP contribution is 2.35. The van der Waals surface area contributed by atoms with Gasteiger partial charge in [-0.15, -0.1) is 5.10 Å². The molecule has 114 valence electrons. The molecule has 0 aromatic carbocycles. The van der Waals surface area contributed by atoms with E-state index in [-0.39, 0.29) is 5.92 Å². The van der Waals surface area contributed by atoms with Gasteiger partial charge in [-0.3, -0.25) is 0 Å². The fourth-order valence-corrected chi connectivity index (χ4v) is 4.18. The van der Waals surface area contributed by atoms with Crippen LogP contribution in [0.15, 0.2) is 10.6 Å². The normalized spacial score (nSPS) is 20.8. The van der Waals surface area contributed by atoms with E-state index < -0.39 is 10.0 Å². The summed E-state index contributed by atoms with van der Waals surface area (Å²) < 4.78 is 34.2. The summed E-state index contributed by atoms with van der Waals surface area (Å²) in [7, 11) is -3.17. The van der Waals surface area contributed by atoms with E-state index in [0.29, 0.717) is 18.8 Å². The van der Waals surface area contributed by atoms with E-state index in [0.717, 1.165) is 29.1 Å². The number of nitrogens with zero attached hydrogens (tertiary/aromatic N) is 4. The third-order valence-electron chi connectivity index (χ3n) is 3.60. The monoisotopic (exact) mass is 328 g/mol. The standard InChI is InChI=1S/C12H16N4O3S2/c1-8-6-10(19-14-8)12-11(13-15-20-12)9-4-3-5-16(7-9)21(2,17)18/h6,9H,3-5,7H2,1-2H3. The maximum absolute atomic E-state index is 11.7. The molecular weight excluding hydrogens is 312 g/mol. The number of hydrogen-bond donors (Lipinski definition) is 0. The minimum Gasteiger partial charge on any atom is -0.355 e. The third-order valence-corrected chi connectivity index (χ3v) is 5.63. The highest BCUT2D eigenvalue weighted by atomic mass is 32.2. The van der Waals surface area contributed by atoms with E-state index in [1.54, 1.807) is 0 Å². The molecule has 7 nitrogen and oxygen atoms in total. The molecule has 0 saturated carbocycles. The number of aromatic nitrogens is 3. The Morgan fingerprint density at radius 2 is 2.29 bits per heavy atom. The van der Waals surface area contributed by atoms with Crippen molar-refractivity contribution in [3.63, 3.8) is 0 Å². The van der Waals surface area contributed by atoms with Gasteiger partial charge in [0.2, 0.25) is 10.0 Å². The molecule has 1 fully saturated rings. The molecule has 1 saturated heterocycles. The van der Waals surface area contributed by atoms with E-state index in [2.05, 4.69) is 14.7 Å². The summed E-state index contributed by atoms with van der Waals surface area (Å²) in [6, 6.07) is 1.84. The third kappa shape index (κ3) is 2.99. The van der Waals surface area contributed by atoms with Crippen LogP contribution < -0.4 is 0 Å². The van der Waals surface area contributed by atoms with Crippen molar-refractivity contribution in [3.8, 4) is 10.6 Å². The minimum atomic E-state index is -3.17. The first-order valence-corrected chi connectivity index (χ1v) is 9.28. The molecule has 0 bridgehead atoms. The van der Waals surface area contributed by atoms with E-state index in [9.17, 15) is 8.42 Å². The summed E-state index contributed by atoms with van der Waals surface area (Å²) in [5.74, 6) is 0.696. The lowest BCUT2D eigenvalue weighted by atomic mass is 9.95. The SMILES string of the molecule is Cc1cc(-c2snnc2C2CCCN(S(C)(=O)=O)C2)on1. The molecule has 0 amide bonds. The lowest BCUT2D eigenvalue weighted by molar-refractivity contribution is 0.314. The Hall–Kier alpha value is -1.32. The van der Waals surface area contributed by atoms with Crippen molar-refractivity contribution in [1.82, 2.24) is 19.0 Å². The van der Waals surface area contributed by atoms with Gasteiger partial charge in [0.1, 0.15) is 4.88 Å². The molecule has 2 aromatic heterocycles. The van der Waals surface area contributed by atoms with Gasteiger partial charge in [-0.05, 0) is 31.3 Å². The van der Waals surface area contributed by atoms with Gasteiger partial charge in [-0.25, -0.2) is 12.7 Å². The van der Waals surface area contributed by atoms with E-state index >= 15 is 0 Å². The molecule has 0 radical (unpaired) electrons. The molecule has 0 aliphatic carbocycles. The average molecular weight is 328 g/mol. The lowest BCUT2D eigenvalue weighted by Crippen LogP contribution is -2.38. The second kappa shape index (κ2) is 5.47. The average Bonchev–Trinajstić information content (AvgIpc) is 3.06. The van der Waals surface area contributed by atoms with Gasteiger partial charge >= 0.3 is 0 Å². The van der Waals surface area contributed by atoms with Crippen LogP contribution in [0.4, 0.5) is 0 Å². The number of piperidine rings is 1. The van der Waals surface area contributed by atoms with Gasteiger partial charge in [0, 0.05) is 25.1 Å². The van der Waals surface area contributed by atoms with Crippen LogP contribution in [-0.4, -0.2) is 46.8 Å². The zero-order chi connectivity index (χ0) is 15.0. The van der Waals surface area contributed by atoms with Crippen molar-refractivity contribution in [1.29, 1.82) is 0 Å². The summed E-state index contributed by atoms with van der Waals surface area (Å²) >= 11 is 1.26. The Kier molecular flexibility index (Phi) is 3.80. The fourth-order valence-electron chi connectivity index (χ4n) is 2.57. The van der Waals surface area contributed by atoms with Crippen molar-refractivity contribution < 1.29 is 12.9 Å². The second-order valence-electron chi connectivity index (χ2n) is 5.28. The molecule has 0 spiro atoms. The molecular formula is C12H16N4O3S2. The van der Waals surface area contributed by atoms with E-state index in [1.165, 1.54) is 22.1 Å². The summed E-state index contributed by atoms with van der Waals surface area (Å²) in [5.41, 5.74) is 1.61. The predicted octanol–water partition coefficient (Wildman–Crippen LogP) is 1.64. The van der Waals surface area contributed by atoms with Crippen molar-refractivity contribution >= 4 is 21.6 Å². The van der Waals surface area contributed by atoms with Crippen LogP contribution in [0, 0.1) is 6.92 Å². The highest BCUT2D eigenvalue weighted by Gasteiger charge is 2.31. The Bertz CT molecular complexity index is 737. The summed E-state index contributed by atoms with van der Waals surface area (Å²) in [6.45, 7) is 2.88. The molecule has 1 atom stereocenters. The number of hydrogen-bond acceptors (Lipinski definition) is 7. The van der Waals surface area contributed by atoms with Crippen LogP contribution in [0.5, 0.6) is 0 Å². The maximum Gasteiger partial charge on any atom is 0.211 e. The first-order valence-electron chi connectivity index (χ1n) is 6.66. The van der Waals surface area contributed by atoms with E-state index in [1.807, 2.05) is 13.0 Å². The van der Waals surface area contributed by atoms with Gasteiger partial charge in [0.15, 0.2) is 5.76 Å². The van der Waals surface area contributed by atoms with Crippen molar-refractivity contribution in [3.05, 3.63) is 17.5 Å². The van der Waals surface area contributed by atoms with Gasteiger partial charge in [-0.2, -0.15) is 0 Å². The first kappa shape index (κ1) is 14.6. The van der Waals surface area contributed by atoms with Gasteiger partial charge < -0.3 is 4.52 Å². The van der Waals surface area contributed by atoms with Crippen molar-refractivity contribution in [2.45, 2.75) is 25.7 Å². The van der Waals surface area contributed by atoms with Crippen LogP contribution in [0.2, 0.25) is 0 Å². The van der Waals surface area contributed by atoms with Crippen LogP contribution in [0.3, 0.4) is 0 Å². The molecule has 21 heavy (non-hydrogen) atoms. The van der Waals surface area contributed by atoms with Crippen LogP contribution in [0.25, 0.3) is 10.6 Å². The molecule has 1 aliphatic heterocycles. The maximum atomic E-state index is 11.7. The molecule has 3 heterocycles. The Balaban J connectivity index is 1.89.